The van der Waals surface area contributed by atoms with Crippen molar-refractivity contribution in [3.05, 3.63) is 29.3 Å². The van der Waals surface area contributed by atoms with Gasteiger partial charge >= 0.3 is 5.97 Å². The Morgan fingerprint density at radius 2 is 1.45 bits per heavy atom. The van der Waals surface area contributed by atoms with Gasteiger partial charge in [-0.25, -0.2) is 0 Å². The largest absolute Gasteiger partial charge is 0.481 e. The molecule has 0 aliphatic carbocycles. The lowest BCUT2D eigenvalue weighted by molar-refractivity contribution is -0.138. The quantitative estimate of drug-likeness (QED) is 0.562. The molecule has 20 heavy (non-hydrogen) atoms. The number of benzene rings is 1. The van der Waals surface area contributed by atoms with Gasteiger partial charge in [-0.3, -0.25) is 19.2 Å². The molecule has 0 aromatic heterocycles. The van der Waals surface area contributed by atoms with E-state index in [0.717, 1.165) is 0 Å². The lowest BCUT2D eigenvalue weighted by atomic mass is 10.1. The van der Waals surface area contributed by atoms with Crippen LogP contribution >= 0.6 is 0 Å². The molecule has 0 spiro atoms. The molecular weight excluding hydrogens is 266 g/mol. The summed E-state index contributed by atoms with van der Waals surface area (Å²) in [5.41, 5.74) is 10.4. The number of anilines is 1. The summed E-state index contributed by atoms with van der Waals surface area (Å²) in [7, 11) is 0. The molecule has 0 atom stereocenters. The number of carbonyl (C=O) groups is 4. The van der Waals surface area contributed by atoms with E-state index in [1.54, 1.807) is 0 Å². The van der Waals surface area contributed by atoms with Crippen LogP contribution < -0.4 is 16.8 Å². The number of carboxylic acids is 1. The number of carbonyl (C=O) groups excluding carboxylic acids is 3. The maximum absolute atomic E-state index is 11.5. The molecule has 106 valence electrons. The number of amides is 3. The molecule has 1 aromatic carbocycles. The highest BCUT2D eigenvalue weighted by Crippen LogP contribution is 2.15. The first-order chi connectivity index (χ1) is 9.29. The fourth-order valence-electron chi connectivity index (χ4n) is 1.43. The van der Waals surface area contributed by atoms with E-state index >= 15 is 0 Å². The van der Waals surface area contributed by atoms with Crippen LogP contribution in [-0.2, 0) is 9.59 Å². The van der Waals surface area contributed by atoms with Gasteiger partial charge in [0.25, 0.3) is 0 Å². The van der Waals surface area contributed by atoms with Gasteiger partial charge in [-0.1, -0.05) is 0 Å². The molecule has 1 rings (SSSR count). The summed E-state index contributed by atoms with van der Waals surface area (Å²) >= 11 is 0. The highest BCUT2D eigenvalue weighted by molar-refractivity contribution is 6.01. The number of primary amides is 2. The smallest absolute Gasteiger partial charge is 0.303 e. The molecule has 0 radical (unpaired) electrons. The van der Waals surface area contributed by atoms with E-state index in [0.29, 0.717) is 0 Å². The first kappa shape index (κ1) is 15.2. The number of nitrogens with one attached hydrogen (secondary N) is 1. The lowest BCUT2D eigenvalue weighted by Crippen LogP contribution is -2.18. The standard InChI is InChI=1S/C12H13N3O5/c13-11(19)6-3-7(12(14)20)5-8(4-6)15-9(16)1-2-10(17)18/h3-5H,1-2H2,(H2,13,19)(H2,14,20)(H,15,16)(H,17,18). The lowest BCUT2D eigenvalue weighted by Gasteiger charge is -2.08. The molecule has 0 aliphatic rings. The molecule has 6 N–H and O–H groups in total. The Hall–Kier alpha value is -2.90. The summed E-state index contributed by atoms with van der Waals surface area (Å²) in [6.45, 7) is 0. The van der Waals surface area contributed by atoms with Crippen molar-refractivity contribution in [2.24, 2.45) is 11.5 Å². The summed E-state index contributed by atoms with van der Waals surface area (Å²) in [6, 6.07) is 3.75. The maximum atomic E-state index is 11.5. The number of hydrogen-bond acceptors (Lipinski definition) is 4. The average Bonchev–Trinajstić information content (AvgIpc) is 2.35. The van der Waals surface area contributed by atoms with Crippen LogP contribution in [0.1, 0.15) is 33.6 Å². The maximum Gasteiger partial charge on any atom is 0.303 e. The van der Waals surface area contributed by atoms with Crippen LogP contribution in [-0.4, -0.2) is 28.8 Å². The second kappa shape index (κ2) is 6.32. The Morgan fingerprint density at radius 1 is 0.950 bits per heavy atom. The second-order valence-corrected chi connectivity index (χ2v) is 3.97. The molecule has 3 amide bonds. The first-order valence-corrected chi connectivity index (χ1v) is 5.56. The predicted octanol–water partition coefficient (Wildman–Crippen LogP) is -0.312. The summed E-state index contributed by atoms with van der Waals surface area (Å²) in [6.07, 6.45) is -0.563. The molecule has 1 aromatic rings. The first-order valence-electron chi connectivity index (χ1n) is 5.56. The van der Waals surface area contributed by atoms with Crippen molar-refractivity contribution in [2.75, 3.05) is 5.32 Å². The van der Waals surface area contributed by atoms with Gasteiger partial charge in [-0.2, -0.15) is 0 Å². The van der Waals surface area contributed by atoms with E-state index in [1.807, 2.05) is 0 Å². The summed E-state index contributed by atoms with van der Waals surface area (Å²) < 4.78 is 0. The van der Waals surface area contributed by atoms with Gasteiger partial charge in [-0.15, -0.1) is 0 Å². The van der Waals surface area contributed by atoms with Crippen LogP contribution in [0.25, 0.3) is 0 Å². The van der Waals surface area contributed by atoms with E-state index in [9.17, 15) is 19.2 Å². The molecule has 0 bridgehead atoms. The molecule has 8 heteroatoms. The summed E-state index contributed by atoms with van der Waals surface area (Å²) in [4.78, 5) is 44.0. The van der Waals surface area contributed by atoms with Gasteiger partial charge in [0.15, 0.2) is 0 Å². The third-order valence-electron chi connectivity index (χ3n) is 2.35. The van der Waals surface area contributed by atoms with E-state index in [4.69, 9.17) is 16.6 Å². The van der Waals surface area contributed by atoms with Gasteiger partial charge in [0.05, 0.1) is 6.42 Å². The Balaban J connectivity index is 2.94. The topological polar surface area (TPSA) is 153 Å². The number of rotatable bonds is 6. The zero-order valence-corrected chi connectivity index (χ0v) is 10.4. The van der Waals surface area contributed by atoms with Gasteiger partial charge in [0, 0.05) is 23.2 Å². The summed E-state index contributed by atoms with van der Waals surface area (Å²) in [5.74, 6) is -3.24. The second-order valence-electron chi connectivity index (χ2n) is 3.97. The highest BCUT2D eigenvalue weighted by Gasteiger charge is 2.11. The third kappa shape index (κ3) is 4.41. The minimum atomic E-state index is -1.11. The molecule has 0 heterocycles. The Kier molecular flexibility index (Phi) is 4.79. The van der Waals surface area contributed by atoms with Crippen LogP contribution in [0, 0.1) is 0 Å². The normalized spacial score (nSPS) is 9.80. The molecule has 0 fully saturated rings. The van der Waals surface area contributed by atoms with E-state index in [2.05, 4.69) is 5.32 Å². The van der Waals surface area contributed by atoms with E-state index in [-0.39, 0.29) is 29.7 Å². The number of carboxylic acid groups (broad SMARTS) is 1. The molecular formula is C12H13N3O5. The molecule has 0 saturated heterocycles. The Labute approximate surface area is 113 Å². The minimum Gasteiger partial charge on any atom is -0.481 e. The van der Waals surface area contributed by atoms with E-state index < -0.39 is 23.7 Å². The number of nitrogens with two attached hydrogens (primary N) is 2. The van der Waals surface area contributed by atoms with Crippen molar-refractivity contribution in [3.8, 4) is 0 Å². The van der Waals surface area contributed by atoms with Gasteiger partial charge in [0.1, 0.15) is 0 Å². The fraction of sp³-hybridized carbons (Fsp3) is 0.167. The minimum absolute atomic E-state index is 0.00911. The molecule has 8 nitrogen and oxygen atoms in total. The van der Waals surface area contributed by atoms with Crippen molar-refractivity contribution in [2.45, 2.75) is 12.8 Å². The Bertz CT molecular complexity index is 550. The van der Waals surface area contributed by atoms with Crippen molar-refractivity contribution < 1.29 is 24.3 Å². The zero-order valence-electron chi connectivity index (χ0n) is 10.4. The van der Waals surface area contributed by atoms with Crippen LogP contribution in [0.15, 0.2) is 18.2 Å². The van der Waals surface area contributed by atoms with Crippen LogP contribution in [0.4, 0.5) is 5.69 Å². The zero-order chi connectivity index (χ0) is 15.3. The van der Waals surface area contributed by atoms with Crippen LogP contribution in [0.5, 0.6) is 0 Å². The van der Waals surface area contributed by atoms with Gasteiger partial charge in [-0.05, 0) is 18.2 Å². The fourth-order valence-corrected chi connectivity index (χ4v) is 1.43. The third-order valence-corrected chi connectivity index (χ3v) is 2.35. The summed E-state index contributed by atoms with van der Waals surface area (Å²) in [5, 5.41) is 10.8. The highest BCUT2D eigenvalue weighted by atomic mass is 16.4. The Morgan fingerprint density at radius 3 is 1.85 bits per heavy atom. The number of aliphatic carboxylic acids is 1. The van der Waals surface area contributed by atoms with Crippen molar-refractivity contribution >= 4 is 29.4 Å². The van der Waals surface area contributed by atoms with Crippen molar-refractivity contribution in [1.82, 2.24) is 0 Å². The molecule has 0 aliphatic heterocycles. The van der Waals surface area contributed by atoms with E-state index in [1.165, 1.54) is 18.2 Å². The van der Waals surface area contributed by atoms with Gasteiger partial charge < -0.3 is 21.9 Å². The monoisotopic (exact) mass is 279 g/mol. The molecule has 0 saturated carbocycles. The SMILES string of the molecule is NC(=O)c1cc(NC(=O)CCC(=O)O)cc(C(N)=O)c1. The predicted molar refractivity (Wildman–Crippen MR) is 69.0 cm³/mol. The van der Waals surface area contributed by atoms with Crippen molar-refractivity contribution in [1.29, 1.82) is 0 Å². The number of hydrogen-bond donors (Lipinski definition) is 4. The van der Waals surface area contributed by atoms with Crippen LogP contribution in [0.3, 0.4) is 0 Å². The molecule has 0 unspecified atom stereocenters. The van der Waals surface area contributed by atoms with Crippen LogP contribution in [0.2, 0.25) is 0 Å². The van der Waals surface area contributed by atoms with Gasteiger partial charge in [0.2, 0.25) is 17.7 Å². The van der Waals surface area contributed by atoms with Crippen molar-refractivity contribution in [3.63, 3.8) is 0 Å². The average molecular weight is 279 g/mol.